The molecule has 0 bridgehead atoms. The topological polar surface area (TPSA) is 34.1 Å². The molecule has 0 spiro atoms. The highest BCUT2D eigenvalue weighted by molar-refractivity contribution is 5.96. The van der Waals surface area contributed by atoms with Gasteiger partial charge in [0, 0.05) is 19.3 Å². The van der Waals surface area contributed by atoms with Gasteiger partial charge >= 0.3 is 0 Å². The Kier molecular flexibility index (Phi) is 5.09. The van der Waals surface area contributed by atoms with E-state index in [1.807, 2.05) is 19.9 Å². The molecule has 2 nitrogen and oxygen atoms in total. The molecule has 0 N–H and O–H groups in total. The number of allylic oxidation sites excluding steroid dienone is 4. The summed E-state index contributed by atoms with van der Waals surface area (Å²) in [5.41, 5.74) is 2.22. The number of Topliss-reactive ketones (excluding diaryl/α,β-unsaturated/α-hetero) is 2. The summed E-state index contributed by atoms with van der Waals surface area (Å²) in [4.78, 5) is 24.3. The third-order valence-corrected chi connectivity index (χ3v) is 5.67. The van der Waals surface area contributed by atoms with Gasteiger partial charge in [0.25, 0.3) is 0 Å². The summed E-state index contributed by atoms with van der Waals surface area (Å²) in [6.45, 7) is 10.7. The zero-order valence-electron chi connectivity index (χ0n) is 14.7. The number of hydrogen-bond acceptors (Lipinski definition) is 2. The maximum absolute atomic E-state index is 12.2. The van der Waals surface area contributed by atoms with E-state index in [1.165, 1.54) is 6.42 Å². The first kappa shape index (κ1) is 17.2. The largest absolute Gasteiger partial charge is 0.299 e. The lowest BCUT2D eigenvalue weighted by Gasteiger charge is -2.11. The Hall–Kier alpha value is -1.18. The lowest BCUT2D eigenvalue weighted by molar-refractivity contribution is -0.119. The highest BCUT2D eigenvalue weighted by atomic mass is 16.1. The number of ketones is 2. The van der Waals surface area contributed by atoms with Gasteiger partial charge in [0.2, 0.25) is 0 Å². The molecule has 2 aliphatic carbocycles. The smallest absolute Gasteiger partial charge is 0.162 e. The number of carbonyl (C=O) groups is 2. The Labute approximate surface area is 135 Å². The number of hydrogen-bond donors (Lipinski definition) is 0. The van der Waals surface area contributed by atoms with Crippen LogP contribution in [0.5, 0.6) is 0 Å². The van der Waals surface area contributed by atoms with Gasteiger partial charge in [0.05, 0.1) is 0 Å². The standard InChI is InChI=1S/C20H30O2/c1-13-6-8-17-18(20(17,4)5)12-15(3)19(22)9-7-14(2)11-16(21)10-13/h7,12-13,17-18H,6,8-11H2,1-5H3/b14-7+,15-12+/t13-,17-,18+/m0/s1. The molecule has 0 radical (unpaired) electrons. The van der Waals surface area contributed by atoms with Crippen LogP contribution < -0.4 is 0 Å². The van der Waals surface area contributed by atoms with E-state index in [0.717, 1.165) is 17.6 Å². The minimum Gasteiger partial charge on any atom is -0.299 e. The van der Waals surface area contributed by atoms with Gasteiger partial charge < -0.3 is 0 Å². The van der Waals surface area contributed by atoms with Gasteiger partial charge in [0.1, 0.15) is 5.78 Å². The van der Waals surface area contributed by atoms with Crippen molar-refractivity contribution in [3.05, 3.63) is 23.3 Å². The second-order valence-corrected chi connectivity index (χ2v) is 8.08. The molecule has 0 amide bonds. The highest BCUT2D eigenvalue weighted by Gasteiger charge is 2.55. The Balaban J connectivity index is 2.18. The average Bonchev–Trinajstić information content (AvgIpc) is 2.92. The molecule has 1 fully saturated rings. The summed E-state index contributed by atoms with van der Waals surface area (Å²) in [6, 6.07) is 0. The van der Waals surface area contributed by atoms with Gasteiger partial charge in [-0.15, -0.1) is 0 Å². The van der Waals surface area contributed by atoms with Crippen molar-refractivity contribution >= 4 is 11.6 Å². The molecule has 3 atom stereocenters. The van der Waals surface area contributed by atoms with Crippen LogP contribution in [0.15, 0.2) is 23.3 Å². The van der Waals surface area contributed by atoms with Crippen LogP contribution in [-0.4, -0.2) is 11.6 Å². The Morgan fingerprint density at radius 3 is 2.50 bits per heavy atom. The molecule has 0 aliphatic heterocycles. The highest BCUT2D eigenvalue weighted by Crippen LogP contribution is 2.61. The second kappa shape index (κ2) is 6.52. The van der Waals surface area contributed by atoms with Gasteiger partial charge in [-0.1, -0.05) is 38.5 Å². The molecule has 2 aliphatic rings. The van der Waals surface area contributed by atoms with Gasteiger partial charge in [0.15, 0.2) is 5.78 Å². The third kappa shape index (κ3) is 3.97. The van der Waals surface area contributed by atoms with E-state index in [2.05, 4.69) is 26.8 Å². The minimum absolute atomic E-state index is 0.193. The molecule has 0 unspecified atom stereocenters. The first-order valence-corrected chi connectivity index (χ1v) is 8.60. The second-order valence-electron chi connectivity index (χ2n) is 8.08. The molecule has 0 aromatic heterocycles. The van der Waals surface area contributed by atoms with Crippen molar-refractivity contribution < 1.29 is 9.59 Å². The lowest BCUT2D eigenvalue weighted by atomic mass is 9.93. The first-order chi connectivity index (χ1) is 10.2. The van der Waals surface area contributed by atoms with Crippen molar-refractivity contribution in [3.8, 4) is 0 Å². The maximum Gasteiger partial charge on any atom is 0.162 e. The lowest BCUT2D eigenvalue weighted by Crippen LogP contribution is -2.07. The number of fused-ring (bicyclic) bond motifs is 1. The van der Waals surface area contributed by atoms with Gasteiger partial charge in [-0.05, 0) is 55.4 Å². The van der Waals surface area contributed by atoms with Crippen molar-refractivity contribution in [1.82, 2.24) is 0 Å². The van der Waals surface area contributed by atoms with Gasteiger partial charge in [-0.2, -0.15) is 0 Å². The maximum atomic E-state index is 12.2. The van der Waals surface area contributed by atoms with Crippen LogP contribution in [0.3, 0.4) is 0 Å². The van der Waals surface area contributed by atoms with Gasteiger partial charge in [-0.25, -0.2) is 0 Å². The molecule has 0 aromatic carbocycles. The Morgan fingerprint density at radius 1 is 1.14 bits per heavy atom. The summed E-state index contributed by atoms with van der Waals surface area (Å²) in [5, 5.41) is 0. The summed E-state index contributed by atoms with van der Waals surface area (Å²) >= 11 is 0. The fourth-order valence-electron chi connectivity index (χ4n) is 3.87. The van der Waals surface area contributed by atoms with E-state index in [0.29, 0.717) is 48.2 Å². The van der Waals surface area contributed by atoms with Crippen molar-refractivity contribution in [1.29, 1.82) is 0 Å². The summed E-state index contributed by atoms with van der Waals surface area (Å²) in [5.74, 6) is 2.15. The Bertz CT molecular complexity index is 522. The van der Waals surface area contributed by atoms with E-state index in [-0.39, 0.29) is 5.78 Å². The first-order valence-electron chi connectivity index (χ1n) is 8.60. The minimum atomic E-state index is 0.193. The van der Waals surface area contributed by atoms with E-state index in [9.17, 15) is 9.59 Å². The molecule has 22 heavy (non-hydrogen) atoms. The molecule has 0 heterocycles. The molecular weight excluding hydrogens is 272 g/mol. The fraction of sp³-hybridized carbons (Fsp3) is 0.700. The van der Waals surface area contributed by atoms with Crippen LogP contribution in [0.25, 0.3) is 0 Å². The van der Waals surface area contributed by atoms with Crippen molar-refractivity contribution in [2.45, 2.75) is 66.7 Å². The SMILES string of the molecule is C/C1=C\CC(=O)/C(C)=C/[C@@H]2[C@H](CC[C@H](C)CC(=O)C1)C2(C)C. The predicted octanol–water partition coefficient (Wildman–Crippen LogP) is 4.89. The molecule has 0 aromatic rings. The third-order valence-electron chi connectivity index (χ3n) is 5.67. The molecular formula is C20H30O2. The van der Waals surface area contributed by atoms with Crippen molar-refractivity contribution in [2.24, 2.45) is 23.2 Å². The molecule has 0 saturated heterocycles. The average molecular weight is 302 g/mol. The molecule has 2 heteroatoms. The zero-order valence-corrected chi connectivity index (χ0v) is 14.7. The van der Waals surface area contributed by atoms with E-state index >= 15 is 0 Å². The molecule has 1 saturated carbocycles. The number of carbonyl (C=O) groups excluding carboxylic acids is 2. The molecule has 2 rings (SSSR count). The summed E-state index contributed by atoms with van der Waals surface area (Å²) < 4.78 is 0. The van der Waals surface area contributed by atoms with Crippen LogP contribution >= 0.6 is 0 Å². The van der Waals surface area contributed by atoms with E-state index in [4.69, 9.17) is 0 Å². The van der Waals surface area contributed by atoms with Crippen molar-refractivity contribution in [3.63, 3.8) is 0 Å². The molecule has 122 valence electrons. The normalized spacial score (nSPS) is 38.1. The quantitative estimate of drug-likeness (QED) is 0.597. The Morgan fingerprint density at radius 2 is 1.82 bits per heavy atom. The van der Waals surface area contributed by atoms with Crippen molar-refractivity contribution in [2.75, 3.05) is 0 Å². The van der Waals surface area contributed by atoms with Crippen LogP contribution in [0.1, 0.15) is 66.7 Å². The van der Waals surface area contributed by atoms with Crippen LogP contribution in [0.2, 0.25) is 0 Å². The van der Waals surface area contributed by atoms with Crippen LogP contribution in [0.4, 0.5) is 0 Å². The van der Waals surface area contributed by atoms with E-state index in [1.54, 1.807) is 0 Å². The van der Waals surface area contributed by atoms with Gasteiger partial charge in [-0.3, -0.25) is 9.59 Å². The monoisotopic (exact) mass is 302 g/mol. The fourth-order valence-corrected chi connectivity index (χ4v) is 3.87. The summed E-state index contributed by atoms with van der Waals surface area (Å²) in [6.07, 6.45) is 8.01. The van der Waals surface area contributed by atoms with Crippen LogP contribution in [0, 0.1) is 23.2 Å². The predicted molar refractivity (Wildman–Crippen MR) is 90.5 cm³/mol. The van der Waals surface area contributed by atoms with Crippen LogP contribution in [-0.2, 0) is 9.59 Å². The van der Waals surface area contributed by atoms with E-state index < -0.39 is 0 Å². The zero-order chi connectivity index (χ0) is 16.5. The number of rotatable bonds is 0. The summed E-state index contributed by atoms with van der Waals surface area (Å²) in [7, 11) is 0.